The average molecular weight is 324 g/mol. The molecular formula is C17H32N4O2. The third kappa shape index (κ3) is 4.46. The van der Waals surface area contributed by atoms with Crippen molar-refractivity contribution >= 4 is 5.82 Å². The Labute approximate surface area is 140 Å². The minimum absolute atomic E-state index is 0.199. The second-order valence-corrected chi connectivity index (χ2v) is 6.56. The zero-order valence-corrected chi connectivity index (χ0v) is 15.1. The first kappa shape index (κ1) is 18.2. The summed E-state index contributed by atoms with van der Waals surface area (Å²) in [6.07, 6.45) is 1.09. The summed E-state index contributed by atoms with van der Waals surface area (Å²) in [5, 5.41) is 14.2. The maximum atomic E-state index is 9.35. The van der Waals surface area contributed by atoms with Gasteiger partial charge < -0.3 is 14.7 Å². The van der Waals surface area contributed by atoms with E-state index in [9.17, 15) is 5.11 Å². The van der Waals surface area contributed by atoms with Crippen molar-refractivity contribution in [3.8, 4) is 0 Å². The summed E-state index contributed by atoms with van der Waals surface area (Å²) >= 11 is 0. The van der Waals surface area contributed by atoms with Crippen LogP contribution in [0.15, 0.2) is 0 Å². The first-order valence-corrected chi connectivity index (χ1v) is 8.80. The van der Waals surface area contributed by atoms with Gasteiger partial charge in [-0.15, -0.1) is 0 Å². The smallest absolute Gasteiger partial charge is 0.131 e. The molecule has 0 bridgehead atoms. The van der Waals surface area contributed by atoms with Crippen molar-refractivity contribution in [2.45, 2.75) is 39.7 Å². The summed E-state index contributed by atoms with van der Waals surface area (Å²) in [5.41, 5.74) is 2.49. The molecule has 132 valence electrons. The normalized spacial score (nSPS) is 15.9. The highest BCUT2D eigenvalue weighted by molar-refractivity contribution is 5.51. The topological polar surface area (TPSA) is 53.8 Å². The number of morpholine rings is 1. The lowest BCUT2D eigenvalue weighted by atomic mass is 10.0. The SMILES string of the molecule is CCCN(CCO)Cc1c(C(C)C)nn(C)c1N1CCOCC1. The van der Waals surface area contributed by atoms with Gasteiger partial charge in [0.1, 0.15) is 5.82 Å². The van der Waals surface area contributed by atoms with Gasteiger partial charge in [-0.25, -0.2) is 0 Å². The predicted molar refractivity (Wildman–Crippen MR) is 93.0 cm³/mol. The highest BCUT2D eigenvalue weighted by Crippen LogP contribution is 2.30. The van der Waals surface area contributed by atoms with Gasteiger partial charge in [-0.3, -0.25) is 9.58 Å². The molecule has 2 heterocycles. The fraction of sp³-hybridized carbons (Fsp3) is 0.824. The highest BCUT2D eigenvalue weighted by atomic mass is 16.5. The molecule has 0 aliphatic carbocycles. The quantitative estimate of drug-likeness (QED) is 0.787. The Bertz CT molecular complexity index is 475. The Hall–Kier alpha value is -1.11. The van der Waals surface area contributed by atoms with E-state index in [1.54, 1.807) is 0 Å². The van der Waals surface area contributed by atoms with Gasteiger partial charge in [0.05, 0.1) is 25.5 Å². The molecular weight excluding hydrogens is 292 g/mol. The number of anilines is 1. The van der Waals surface area contributed by atoms with Crippen molar-refractivity contribution in [3.63, 3.8) is 0 Å². The fourth-order valence-corrected chi connectivity index (χ4v) is 3.32. The van der Waals surface area contributed by atoms with Crippen molar-refractivity contribution in [1.29, 1.82) is 0 Å². The van der Waals surface area contributed by atoms with Gasteiger partial charge in [0.15, 0.2) is 0 Å². The van der Waals surface area contributed by atoms with Crippen molar-refractivity contribution in [1.82, 2.24) is 14.7 Å². The number of aliphatic hydroxyl groups is 1. The molecule has 1 aromatic rings. The lowest BCUT2D eigenvalue weighted by Crippen LogP contribution is -2.38. The van der Waals surface area contributed by atoms with Gasteiger partial charge in [-0.1, -0.05) is 20.8 Å². The van der Waals surface area contributed by atoms with Crippen LogP contribution in [-0.4, -0.2) is 65.8 Å². The number of ether oxygens (including phenoxy) is 1. The number of aryl methyl sites for hydroxylation is 1. The minimum Gasteiger partial charge on any atom is -0.395 e. The van der Waals surface area contributed by atoms with Crippen LogP contribution < -0.4 is 4.90 Å². The molecule has 6 nitrogen and oxygen atoms in total. The molecule has 0 spiro atoms. The van der Waals surface area contributed by atoms with E-state index in [1.165, 1.54) is 17.1 Å². The maximum Gasteiger partial charge on any atom is 0.131 e. The van der Waals surface area contributed by atoms with Gasteiger partial charge in [-0.2, -0.15) is 5.10 Å². The second-order valence-electron chi connectivity index (χ2n) is 6.56. The Morgan fingerprint density at radius 2 is 1.96 bits per heavy atom. The lowest BCUT2D eigenvalue weighted by Gasteiger charge is -2.31. The zero-order valence-electron chi connectivity index (χ0n) is 15.1. The number of hydrogen-bond acceptors (Lipinski definition) is 5. The van der Waals surface area contributed by atoms with Crippen LogP contribution in [0.5, 0.6) is 0 Å². The number of aliphatic hydroxyl groups excluding tert-OH is 1. The monoisotopic (exact) mass is 324 g/mol. The van der Waals surface area contributed by atoms with Crippen LogP contribution in [0.1, 0.15) is 44.4 Å². The van der Waals surface area contributed by atoms with Crippen LogP contribution in [0.25, 0.3) is 0 Å². The van der Waals surface area contributed by atoms with E-state index in [-0.39, 0.29) is 6.61 Å². The first-order chi connectivity index (χ1) is 11.1. The van der Waals surface area contributed by atoms with Crippen molar-refractivity contribution in [2.75, 3.05) is 50.9 Å². The maximum absolute atomic E-state index is 9.35. The highest BCUT2D eigenvalue weighted by Gasteiger charge is 2.25. The molecule has 0 saturated carbocycles. The number of rotatable bonds is 8. The summed E-state index contributed by atoms with van der Waals surface area (Å²) in [5.74, 6) is 1.61. The molecule has 6 heteroatoms. The molecule has 1 N–H and O–H groups in total. The summed E-state index contributed by atoms with van der Waals surface area (Å²) in [6.45, 7) is 12.7. The van der Waals surface area contributed by atoms with Crippen LogP contribution in [0.4, 0.5) is 5.82 Å². The molecule has 0 unspecified atom stereocenters. The third-order valence-electron chi connectivity index (χ3n) is 4.34. The first-order valence-electron chi connectivity index (χ1n) is 8.80. The summed E-state index contributed by atoms with van der Waals surface area (Å²) in [4.78, 5) is 4.72. The van der Waals surface area contributed by atoms with Crippen LogP contribution >= 0.6 is 0 Å². The Morgan fingerprint density at radius 3 is 2.52 bits per heavy atom. The van der Waals surface area contributed by atoms with E-state index in [2.05, 4.69) is 30.6 Å². The molecule has 1 aromatic heterocycles. The van der Waals surface area contributed by atoms with Crippen LogP contribution in [0.3, 0.4) is 0 Å². The van der Waals surface area contributed by atoms with E-state index in [0.29, 0.717) is 12.5 Å². The molecule has 0 radical (unpaired) electrons. The number of aromatic nitrogens is 2. The van der Waals surface area contributed by atoms with Gasteiger partial charge in [0, 0.05) is 38.8 Å². The largest absolute Gasteiger partial charge is 0.395 e. The van der Waals surface area contributed by atoms with E-state index in [0.717, 1.165) is 45.8 Å². The molecule has 0 atom stereocenters. The van der Waals surface area contributed by atoms with E-state index >= 15 is 0 Å². The molecule has 2 rings (SSSR count). The second kappa shape index (κ2) is 8.66. The number of hydrogen-bond donors (Lipinski definition) is 1. The summed E-state index contributed by atoms with van der Waals surface area (Å²) in [6, 6.07) is 0. The standard InChI is InChI=1S/C17H32N4O2/c1-5-6-20(7-10-22)13-15-16(14(2)3)18-19(4)17(15)21-8-11-23-12-9-21/h14,22H,5-13H2,1-4H3. The summed E-state index contributed by atoms with van der Waals surface area (Å²) < 4.78 is 7.53. The van der Waals surface area contributed by atoms with Crippen LogP contribution in [0, 0.1) is 0 Å². The van der Waals surface area contributed by atoms with Crippen molar-refractivity contribution in [2.24, 2.45) is 7.05 Å². The zero-order chi connectivity index (χ0) is 16.8. The summed E-state index contributed by atoms with van der Waals surface area (Å²) in [7, 11) is 2.04. The van der Waals surface area contributed by atoms with E-state index < -0.39 is 0 Å². The molecule has 1 fully saturated rings. The Morgan fingerprint density at radius 1 is 1.26 bits per heavy atom. The van der Waals surface area contributed by atoms with Gasteiger partial charge in [0.2, 0.25) is 0 Å². The molecule has 1 aliphatic rings. The van der Waals surface area contributed by atoms with Crippen molar-refractivity contribution < 1.29 is 9.84 Å². The molecule has 0 amide bonds. The van der Waals surface area contributed by atoms with Gasteiger partial charge >= 0.3 is 0 Å². The predicted octanol–water partition coefficient (Wildman–Crippen LogP) is 1.58. The third-order valence-corrected chi connectivity index (χ3v) is 4.34. The van der Waals surface area contributed by atoms with Crippen LogP contribution in [-0.2, 0) is 18.3 Å². The number of nitrogens with zero attached hydrogens (tertiary/aromatic N) is 4. The molecule has 0 aromatic carbocycles. The van der Waals surface area contributed by atoms with Crippen LogP contribution in [0.2, 0.25) is 0 Å². The van der Waals surface area contributed by atoms with Crippen molar-refractivity contribution in [3.05, 3.63) is 11.3 Å². The Kier molecular flexibility index (Phi) is 6.87. The van der Waals surface area contributed by atoms with Gasteiger partial charge in [-0.05, 0) is 18.9 Å². The average Bonchev–Trinajstić information content (AvgIpc) is 2.85. The molecule has 23 heavy (non-hydrogen) atoms. The van der Waals surface area contributed by atoms with Gasteiger partial charge in [0.25, 0.3) is 0 Å². The van der Waals surface area contributed by atoms with E-state index in [4.69, 9.17) is 9.84 Å². The van der Waals surface area contributed by atoms with E-state index in [1.807, 2.05) is 11.7 Å². The minimum atomic E-state index is 0.199. The lowest BCUT2D eigenvalue weighted by molar-refractivity contribution is 0.122. The molecule has 1 aliphatic heterocycles. The Balaban J connectivity index is 2.32. The molecule has 1 saturated heterocycles. The fourth-order valence-electron chi connectivity index (χ4n) is 3.32.